The van der Waals surface area contributed by atoms with Crippen LogP contribution in [0.3, 0.4) is 0 Å². The summed E-state index contributed by atoms with van der Waals surface area (Å²) in [5.41, 5.74) is 3.30. The van der Waals surface area contributed by atoms with Crippen LogP contribution in [-0.4, -0.2) is 41.3 Å². The fourth-order valence-corrected chi connectivity index (χ4v) is 4.18. The van der Waals surface area contributed by atoms with E-state index >= 15 is 0 Å². The van der Waals surface area contributed by atoms with Gasteiger partial charge in [0.2, 0.25) is 5.91 Å². The molecule has 3 N–H and O–H groups in total. The Labute approximate surface area is 180 Å². The number of carboxylic acids is 1. The number of nitrogens with one attached hydrogen (secondary N) is 2. The minimum absolute atomic E-state index is 0.0710. The minimum atomic E-state index is -1.19. The maximum atomic E-state index is 12.6. The van der Waals surface area contributed by atoms with Crippen molar-refractivity contribution < 1.29 is 24.2 Å². The number of hydrogen-bond acceptors (Lipinski definition) is 4. The van der Waals surface area contributed by atoms with E-state index in [1.165, 1.54) is 0 Å². The number of aliphatic carboxylic acids is 1. The van der Waals surface area contributed by atoms with Gasteiger partial charge in [-0.15, -0.1) is 0 Å². The third-order valence-electron chi connectivity index (χ3n) is 6.05. The molecular weight excluding hydrogens is 396 g/mol. The van der Waals surface area contributed by atoms with E-state index in [0.29, 0.717) is 25.7 Å². The predicted molar refractivity (Wildman–Crippen MR) is 115 cm³/mol. The quantitative estimate of drug-likeness (QED) is 0.605. The molecule has 0 saturated heterocycles. The first-order chi connectivity index (χ1) is 14.9. The fourth-order valence-electron chi connectivity index (χ4n) is 4.18. The average molecular weight is 422 g/mol. The summed E-state index contributed by atoms with van der Waals surface area (Å²) < 4.78 is 5.51. The maximum absolute atomic E-state index is 12.6. The van der Waals surface area contributed by atoms with Crippen LogP contribution in [0.5, 0.6) is 0 Å². The van der Waals surface area contributed by atoms with Gasteiger partial charge in [0.25, 0.3) is 0 Å². The van der Waals surface area contributed by atoms with Crippen molar-refractivity contribution in [3.63, 3.8) is 0 Å². The lowest BCUT2D eigenvalue weighted by atomic mass is 9.98. The Morgan fingerprint density at radius 1 is 1.06 bits per heavy atom. The van der Waals surface area contributed by atoms with Crippen LogP contribution >= 0.6 is 0 Å². The summed E-state index contributed by atoms with van der Waals surface area (Å²) in [5, 5.41) is 14.5. The van der Waals surface area contributed by atoms with Crippen molar-refractivity contribution in [1.82, 2.24) is 10.6 Å². The minimum Gasteiger partial charge on any atom is -0.480 e. The van der Waals surface area contributed by atoms with E-state index in [1.54, 1.807) is 0 Å². The van der Waals surface area contributed by atoms with Gasteiger partial charge in [-0.25, -0.2) is 9.59 Å². The standard InChI is InChI=1S/C24H26N2O5/c1-2-7-20(21(27)26-24(12-13-24)22(28)29)25-23(30)31-14-19-17-10-5-3-8-15(17)16-9-4-6-11-18(16)19/h3-6,8-11,19-20H,2,7,12-14H2,1H3,(H,25,30)(H,26,27)(H,28,29). The molecule has 31 heavy (non-hydrogen) atoms. The van der Waals surface area contributed by atoms with Gasteiger partial charge in [-0.1, -0.05) is 61.9 Å². The van der Waals surface area contributed by atoms with Crippen molar-refractivity contribution in [2.24, 2.45) is 0 Å². The Bertz CT molecular complexity index is 969. The maximum Gasteiger partial charge on any atom is 0.407 e. The molecule has 0 spiro atoms. The molecule has 0 heterocycles. The molecule has 1 unspecified atom stereocenters. The highest BCUT2D eigenvalue weighted by atomic mass is 16.5. The van der Waals surface area contributed by atoms with Gasteiger partial charge in [-0.2, -0.15) is 0 Å². The lowest BCUT2D eigenvalue weighted by Gasteiger charge is -2.21. The number of carboxylic acid groups (broad SMARTS) is 1. The van der Waals surface area contributed by atoms with Gasteiger partial charge < -0.3 is 20.5 Å². The summed E-state index contributed by atoms with van der Waals surface area (Å²) in [5.74, 6) is -1.61. The first-order valence-electron chi connectivity index (χ1n) is 10.6. The van der Waals surface area contributed by atoms with Crippen molar-refractivity contribution in [2.45, 2.75) is 50.1 Å². The summed E-state index contributed by atoms with van der Waals surface area (Å²) in [4.78, 5) is 36.4. The summed E-state index contributed by atoms with van der Waals surface area (Å²) in [6.45, 7) is 2.04. The van der Waals surface area contributed by atoms with Crippen molar-refractivity contribution in [3.05, 3.63) is 59.7 Å². The largest absolute Gasteiger partial charge is 0.480 e. The number of ether oxygens (including phenoxy) is 1. The van der Waals surface area contributed by atoms with Gasteiger partial charge in [0, 0.05) is 5.92 Å². The average Bonchev–Trinajstić information content (AvgIpc) is 3.48. The van der Waals surface area contributed by atoms with Crippen LogP contribution in [0.2, 0.25) is 0 Å². The molecule has 0 aliphatic heterocycles. The van der Waals surface area contributed by atoms with Crippen molar-refractivity contribution in [3.8, 4) is 11.1 Å². The second kappa shape index (κ2) is 8.41. The molecule has 162 valence electrons. The van der Waals surface area contributed by atoms with Gasteiger partial charge in [-0.05, 0) is 41.5 Å². The zero-order chi connectivity index (χ0) is 22.0. The number of amides is 2. The van der Waals surface area contributed by atoms with Crippen LogP contribution in [0.4, 0.5) is 4.79 Å². The molecule has 0 bridgehead atoms. The number of benzene rings is 2. The van der Waals surface area contributed by atoms with E-state index in [1.807, 2.05) is 43.3 Å². The van der Waals surface area contributed by atoms with Crippen LogP contribution in [0.15, 0.2) is 48.5 Å². The van der Waals surface area contributed by atoms with Gasteiger partial charge in [0.1, 0.15) is 18.2 Å². The first kappa shape index (κ1) is 20.9. The van der Waals surface area contributed by atoms with Crippen molar-refractivity contribution >= 4 is 18.0 Å². The van der Waals surface area contributed by atoms with E-state index in [0.717, 1.165) is 22.3 Å². The molecule has 1 saturated carbocycles. The van der Waals surface area contributed by atoms with Crippen LogP contribution in [0, 0.1) is 0 Å². The first-order valence-corrected chi connectivity index (χ1v) is 10.6. The lowest BCUT2D eigenvalue weighted by molar-refractivity contribution is -0.143. The highest BCUT2D eigenvalue weighted by molar-refractivity contribution is 5.93. The Kier molecular flexibility index (Phi) is 5.67. The van der Waals surface area contributed by atoms with E-state index in [4.69, 9.17) is 4.74 Å². The summed E-state index contributed by atoms with van der Waals surface area (Å²) in [7, 11) is 0. The van der Waals surface area contributed by atoms with E-state index in [2.05, 4.69) is 22.8 Å². The van der Waals surface area contributed by atoms with Crippen LogP contribution in [0.25, 0.3) is 11.1 Å². The molecule has 1 atom stereocenters. The van der Waals surface area contributed by atoms with E-state index in [9.17, 15) is 19.5 Å². The topological polar surface area (TPSA) is 105 Å². The highest BCUT2D eigenvalue weighted by Crippen LogP contribution is 2.44. The van der Waals surface area contributed by atoms with E-state index < -0.39 is 29.6 Å². The van der Waals surface area contributed by atoms with Gasteiger partial charge in [0.15, 0.2) is 0 Å². The Hall–Kier alpha value is -3.35. The molecule has 7 heteroatoms. The molecule has 1 fully saturated rings. The zero-order valence-corrected chi connectivity index (χ0v) is 17.4. The summed E-state index contributed by atoms with van der Waals surface area (Å²) in [6, 6.07) is 15.3. The monoisotopic (exact) mass is 422 g/mol. The van der Waals surface area contributed by atoms with Crippen LogP contribution in [-0.2, 0) is 14.3 Å². The number of rotatable bonds is 8. The van der Waals surface area contributed by atoms with Gasteiger partial charge >= 0.3 is 12.1 Å². The molecular formula is C24H26N2O5. The number of carbonyl (C=O) groups excluding carboxylic acids is 2. The van der Waals surface area contributed by atoms with Gasteiger partial charge in [-0.3, -0.25) is 4.79 Å². The number of hydrogen-bond donors (Lipinski definition) is 3. The summed E-state index contributed by atoms with van der Waals surface area (Å²) >= 11 is 0. The van der Waals surface area contributed by atoms with Crippen molar-refractivity contribution in [2.75, 3.05) is 6.61 Å². The van der Waals surface area contributed by atoms with Crippen LogP contribution in [0.1, 0.15) is 49.7 Å². The number of alkyl carbamates (subject to hydrolysis) is 1. The fraction of sp³-hybridized carbons (Fsp3) is 0.375. The lowest BCUT2D eigenvalue weighted by Crippen LogP contribution is -2.53. The molecule has 7 nitrogen and oxygen atoms in total. The molecule has 4 rings (SSSR count). The molecule has 2 aliphatic carbocycles. The Balaban J connectivity index is 1.40. The Morgan fingerprint density at radius 2 is 1.65 bits per heavy atom. The smallest absolute Gasteiger partial charge is 0.407 e. The van der Waals surface area contributed by atoms with Crippen molar-refractivity contribution in [1.29, 1.82) is 0 Å². The molecule has 2 amide bonds. The molecule has 2 aliphatic rings. The number of fused-ring (bicyclic) bond motifs is 3. The van der Waals surface area contributed by atoms with E-state index in [-0.39, 0.29) is 12.5 Å². The molecule has 2 aromatic rings. The molecule has 0 aromatic heterocycles. The SMILES string of the molecule is CCCC(NC(=O)OCC1c2ccccc2-c2ccccc21)C(=O)NC1(C(=O)O)CC1. The molecule has 0 radical (unpaired) electrons. The third-order valence-corrected chi connectivity index (χ3v) is 6.05. The highest BCUT2D eigenvalue weighted by Gasteiger charge is 2.52. The molecule has 2 aromatic carbocycles. The number of carbonyl (C=O) groups is 3. The summed E-state index contributed by atoms with van der Waals surface area (Å²) in [6.07, 6.45) is 1.17. The van der Waals surface area contributed by atoms with Gasteiger partial charge in [0.05, 0.1) is 0 Å². The van der Waals surface area contributed by atoms with Crippen LogP contribution < -0.4 is 10.6 Å². The third kappa shape index (κ3) is 4.13. The Morgan fingerprint density at radius 3 is 2.16 bits per heavy atom. The second-order valence-corrected chi connectivity index (χ2v) is 8.19. The zero-order valence-electron chi connectivity index (χ0n) is 17.4. The normalized spacial score (nSPS) is 16.5. The second-order valence-electron chi connectivity index (χ2n) is 8.19. The predicted octanol–water partition coefficient (Wildman–Crippen LogP) is 3.43.